The zero-order valence-electron chi connectivity index (χ0n) is 13.9. The van der Waals surface area contributed by atoms with Crippen molar-refractivity contribution in [1.82, 2.24) is 10.6 Å². The monoisotopic (exact) mass is 318 g/mol. The Morgan fingerprint density at radius 1 is 1.13 bits per heavy atom. The quantitative estimate of drug-likeness (QED) is 0.781. The number of carboxylic acids is 1. The van der Waals surface area contributed by atoms with Crippen LogP contribution >= 0.6 is 0 Å². The maximum atomic E-state index is 11.9. The number of amides is 2. The number of benzene rings is 1. The summed E-state index contributed by atoms with van der Waals surface area (Å²) in [5.74, 6) is -0.971. The molecular formula is C18H26N2O3. The number of rotatable bonds is 5. The van der Waals surface area contributed by atoms with Crippen molar-refractivity contribution in [1.29, 1.82) is 0 Å². The largest absolute Gasteiger partial charge is 0.481 e. The summed E-state index contributed by atoms with van der Waals surface area (Å²) in [6.45, 7) is 4.77. The van der Waals surface area contributed by atoms with Crippen molar-refractivity contribution in [2.24, 2.45) is 5.92 Å². The molecule has 1 aromatic carbocycles. The lowest BCUT2D eigenvalue weighted by atomic mass is 9.86. The number of nitrogens with one attached hydrogen (secondary N) is 2. The fourth-order valence-corrected chi connectivity index (χ4v) is 3.27. The van der Waals surface area contributed by atoms with Crippen molar-refractivity contribution >= 4 is 12.0 Å². The highest BCUT2D eigenvalue weighted by molar-refractivity contribution is 5.74. The summed E-state index contributed by atoms with van der Waals surface area (Å²) in [6.07, 6.45) is 3.58. The number of urea groups is 1. The summed E-state index contributed by atoms with van der Waals surface area (Å²) >= 11 is 0. The fourth-order valence-electron chi connectivity index (χ4n) is 3.27. The van der Waals surface area contributed by atoms with Crippen LogP contribution in [0, 0.1) is 19.8 Å². The minimum absolute atomic E-state index is 0.0887. The summed E-state index contributed by atoms with van der Waals surface area (Å²) in [5.41, 5.74) is 3.79. The average molecular weight is 318 g/mol. The van der Waals surface area contributed by atoms with E-state index >= 15 is 0 Å². The van der Waals surface area contributed by atoms with Crippen molar-refractivity contribution in [3.8, 4) is 0 Å². The zero-order valence-corrected chi connectivity index (χ0v) is 13.9. The van der Waals surface area contributed by atoms with Crippen molar-refractivity contribution in [2.75, 3.05) is 6.54 Å². The lowest BCUT2D eigenvalue weighted by Gasteiger charge is -2.26. The number of aliphatic carboxylic acids is 1. The molecule has 1 aliphatic carbocycles. The number of hydrogen-bond acceptors (Lipinski definition) is 2. The van der Waals surface area contributed by atoms with E-state index in [1.54, 1.807) is 0 Å². The molecule has 0 aliphatic heterocycles. The summed E-state index contributed by atoms with van der Waals surface area (Å²) in [7, 11) is 0. The average Bonchev–Trinajstić information content (AvgIpc) is 2.51. The molecule has 1 aliphatic rings. The van der Waals surface area contributed by atoms with Crippen LogP contribution in [0.4, 0.5) is 4.79 Å². The van der Waals surface area contributed by atoms with Gasteiger partial charge in [-0.3, -0.25) is 4.79 Å². The van der Waals surface area contributed by atoms with Gasteiger partial charge in [0.25, 0.3) is 0 Å². The molecule has 1 fully saturated rings. The Kier molecular flexibility index (Phi) is 6.02. The van der Waals surface area contributed by atoms with Gasteiger partial charge in [0, 0.05) is 12.6 Å². The molecule has 3 N–H and O–H groups in total. The first-order valence-electron chi connectivity index (χ1n) is 8.29. The molecule has 0 radical (unpaired) electrons. The van der Waals surface area contributed by atoms with Crippen LogP contribution in [0.25, 0.3) is 0 Å². The molecule has 0 atom stereocenters. The fraction of sp³-hybridized carbons (Fsp3) is 0.556. The smallest absolute Gasteiger partial charge is 0.315 e. The van der Waals surface area contributed by atoms with Crippen LogP contribution in [0.2, 0.25) is 0 Å². The highest BCUT2D eigenvalue weighted by atomic mass is 16.4. The van der Waals surface area contributed by atoms with Crippen molar-refractivity contribution in [2.45, 2.75) is 52.0 Å². The highest BCUT2D eigenvalue weighted by Gasteiger charge is 2.26. The zero-order chi connectivity index (χ0) is 16.8. The lowest BCUT2D eigenvalue weighted by molar-refractivity contribution is -0.142. The highest BCUT2D eigenvalue weighted by Crippen LogP contribution is 2.24. The van der Waals surface area contributed by atoms with E-state index in [0.717, 1.165) is 19.3 Å². The van der Waals surface area contributed by atoms with Crippen LogP contribution in [-0.4, -0.2) is 29.7 Å². The first kappa shape index (κ1) is 17.3. The van der Waals surface area contributed by atoms with Crippen LogP contribution < -0.4 is 10.6 Å². The van der Waals surface area contributed by atoms with Crippen LogP contribution in [0.5, 0.6) is 0 Å². The lowest BCUT2D eigenvalue weighted by Crippen LogP contribution is -2.44. The van der Waals surface area contributed by atoms with Gasteiger partial charge in [-0.05, 0) is 62.6 Å². The van der Waals surface area contributed by atoms with E-state index in [2.05, 4.69) is 36.6 Å². The van der Waals surface area contributed by atoms with Gasteiger partial charge >= 0.3 is 12.0 Å². The van der Waals surface area contributed by atoms with Gasteiger partial charge < -0.3 is 15.7 Å². The van der Waals surface area contributed by atoms with Gasteiger partial charge in [0.05, 0.1) is 5.92 Å². The Morgan fingerprint density at radius 2 is 1.74 bits per heavy atom. The second kappa shape index (κ2) is 7.99. The summed E-state index contributed by atoms with van der Waals surface area (Å²) in [4.78, 5) is 22.9. The van der Waals surface area contributed by atoms with E-state index in [-0.39, 0.29) is 18.0 Å². The Labute approximate surface area is 137 Å². The van der Waals surface area contributed by atoms with Gasteiger partial charge in [-0.15, -0.1) is 0 Å². The Bertz CT molecular complexity index is 543. The Hall–Kier alpha value is -2.04. The van der Waals surface area contributed by atoms with Crippen LogP contribution in [0.3, 0.4) is 0 Å². The number of carbonyl (C=O) groups is 2. The van der Waals surface area contributed by atoms with E-state index in [0.29, 0.717) is 19.4 Å². The molecule has 23 heavy (non-hydrogen) atoms. The molecule has 5 nitrogen and oxygen atoms in total. The molecule has 0 heterocycles. The molecule has 126 valence electrons. The van der Waals surface area contributed by atoms with E-state index < -0.39 is 5.97 Å². The molecule has 0 saturated heterocycles. The van der Waals surface area contributed by atoms with Crippen molar-refractivity contribution in [3.05, 3.63) is 34.9 Å². The first-order valence-corrected chi connectivity index (χ1v) is 8.29. The second-order valence-corrected chi connectivity index (χ2v) is 6.41. The third-order valence-electron chi connectivity index (χ3n) is 4.72. The standard InChI is InChI=1S/C18H26N2O3/c1-12-4-3-5-13(2)16(12)10-11-19-18(23)20-15-8-6-14(7-9-15)17(21)22/h3-5,14-15H,6-11H2,1-2H3,(H,21,22)(H2,19,20,23). The van der Waals surface area contributed by atoms with Crippen molar-refractivity contribution in [3.63, 3.8) is 0 Å². The van der Waals surface area contributed by atoms with Gasteiger partial charge in [0.2, 0.25) is 0 Å². The van der Waals surface area contributed by atoms with Crippen LogP contribution in [0.1, 0.15) is 42.4 Å². The van der Waals surface area contributed by atoms with E-state index in [9.17, 15) is 9.59 Å². The maximum Gasteiger partial charge on any atom is 0.315 e. The number of hydrogen-bond donors (Lipinski definition) is 3. The summed E-state index contributed by atoms with van der Waals surface area (Å²) < 4.78 is 0. The molecule has 0 spiro atoms. The molecule has 1 saturated carbocycles. The number of carbonyl (C=O) groups excluding carboxylic acids is 1. The third kappa shape index (κ3) is 4.98. The van der Waals surface area contributed by atoms with E-state index in [1.165, 1.54) is 16.7 Å². The van der Waals surface area contributed by atoms with Gasteiger partial charge in [0.15, 0.2) is 0 Å². The molecule has 2 amide bonds. The molecule has 0 bridgehead atoms. The van der Waals surface area contributed by atoms with E-state index in [1.807, 2.05) is 6.07 Å². The molecular weight excluding hydrogens is 292 g/mol. The van der Waals surface area contributed by atoms with E-state index in [4.69, 9.17) is 5.11 Å². The molecule has 0 aromatic heterocycles. The Balaban J connectivity index is 1.71. The molecule has 5 heteroatoms. The normalized spacial score (nSPS) is 20.8. The maximum absolute atomic E-state index is 11.9. The minimum atomic E-state index is -0.721. The van der Waals surface area contributed by atoms with Gasteiger partial charge in [-0.2, -0.15) is 0 Å². The van der Waals surface area contributed by atoms with Crippen LogP contribution in [0.15, 0.2) is 18.2 Å². The first-order chi connectivity index (χ1) is 11.0. The Morgan fingerprint density at radius 3 is 2.30 bits per heavy atom. The summed E-state index contributed by atoms with van der Waals surface area (Å²) in [6, 6.07) is 6.15. The van der Waals surface area contributed by atoms with Gasteiger partial charge in [-0.25, -0.2) is 4.79 Å². The predicted molar refractivity (Wildman–Crippen MR) is 89.5 cm³/mol. The summed E-state index contributed by atoms with van der Waals surface area (Å²) in [5, 5.41) is 14.8. The SMILES string of the molecule is Cc1cccc(C)c1CCNC(=O)NC1CCC(C(=O)O)CC1. The molecule has 0 unspecified atom stereocenters. The number of aryl methyl sites for hydroxylation is 2. The minimum Gasteiger partial charge on any atom is -0.481 e. The molecule has 1 aromatic rings. The molecule has 2 rings (SSSR count). The second-order valence-electron chi connectivity index (χ2n) is 6.41. The topological polar surface area (TPSA) is 78.4 Å². The van der Waals surface area contributed by atoms with Gasteiger partial charge in [0.1, 0.15) is 0 Å². The van der Waals surface area contributed by atoms with Crippen LogP contribution in [-0.2, 0) is 11.2 Å². The number of carboxylic acid groups (broad SMARTS) is 1. The van der Waals surface area contributed by atoms with Gasteiger partial charge in [-0.1, -0.05) is 18.2 Å². The van der Waals surface area contributed by atoms with Crippen molar-refractivity contribution < 1.29 is 14.7 Å². The predicted octanol–water partition coefficient (Wildman–Crippen LogP) is 2.79. The third-order valence-corrected chi connectivity index (χ3v) is 4.72.